The third kappa shape index (κ3) is 6.57. The Bertz CT molecular complexity index is 893. The summed E-state index contributed by atoms with van der Waals surface area (Å²) in [6, 6.07) is 18.6. The van der Waals surface area contributed by atoms with Gasteiger partial charge in [0.25, 0.3) is 0 Å². The second-order valence-corrected chi connectivity index (χ2v) is 6.62. The minimum atomic E-state index is 0. The largest absolute Gasteiger partial charge is 0.380 e. The molecule has 1 heterocycles. The van der Waals surface area contributed by atoms with E-state index >= 15 is 0 Å². The zero-order valence-electron chi connectivity index (χ0n) is 17.1. The number of H-pyrrole nitrogens is 1. The van der Waals surface area contributed by atoms with Crippen LogP contribution in [0.1, 0.15) is 17.0 Å². The summed E-state index contributed by atoms with van der Waals surface area (Å²) >= 11 is 0. The highest BCUT2D eigenvalue weighted by Gasteiger charge is 2.10. The summed E-state index contributed by atoms with van der Waals surface area (Å²) in [6.07, 6.45) is 1.87. The number of hydrogen-bond donors (Lipinski definition) is 2. The van der Waals surface area contributed by atoms with Gasteiger partial charge < -0.3 is 19.9 Å². The molecule has 2 N–H and O–H groups in total. The minimum absolute atomic E-state index is 0. The Kier molecular flexibility index (Phi) is 9.14. The SMILES string of the molecule is CN=C(NCc1ccc(COC)cc1)N(C)Cc1ncc(-c2ccccc2)[nH]1.I. The van der Waals surface area contributed by atoms with E-state index < -0.39 is 0 Å². The molecule has 3 aromatic rings. The maximum absolute atomic E-state index is 5.15. The smallest absolute Gasteiger partial charge is 0.194 e. The molecule has 0 spiro atoms. The maximum Gasteiger partial charge on any atom is 0.194 e. The van der Waals surface area contributed by atoms with Crippen molar-refractivity contribution in [2.45, 2.75) is 19.7 Å². The van der Waals surface area contributed by atoms with Crippen LogP contribution in [0.5, 0.6) is 0 Å². The van der Waals surface area contributed by atoms with Gasteiger partial charge in [-0.3, -0.25) is 4.99 Å². The molecule has 0 fully saturated rings. The number of nitrogens with one attached hydrogen (secondary N) is 2. The molecule has 0 saturated heterocycles. The Morgan fingerprint density at radius 3 is 2.45 bits per heavy atom. The molecule has 7 heteroatoms. The van der Waals surface area contributed by atoms with Crippen LogP contribution in [-0.4, -0.2) is 42.0 Å². The predicted molar refractivity (Wildman–Crippen MR) is 128 cm³/mol. The first-order valence-corrected chi connectivity index (χ1v) is 9.27. The maximum atomic E-state index is 5.15. The first kappa shape index (κ1) is 22.9. The Morgan fingerprint density at radius 1 is 1.10 bits per heavy atom. The second-order valence-electron chi connectivity index (χ2n) is 6.62. The fraction of sp³-hybridized carbons (Fsp3) is 0.273. The summed E-state index contributed by atoms with van der Waals surface area (Å²) in [6.45, 7) is 1.98. The number of aromatic nitrogens is 2. The molecular weight excluding hydrogens is 477 g/mol. The summed E-state index contributed by atoms with van der Waals surface area (Å²) in [4.78, 5) is 14.3. The van der Waals surface area contributed by atoms with Crippen molar-refractivity contribution in [3.8, 4) is 11.3 Å². The highest BCUT2D eigenvalue weighted by molar-refractivity contribution is 14.0. The first-order chi connectivity index (χ1) is 13.7. The summed E-state index contributed by atoms with van der Waals surface area (Å²) in [7, 11) is 5.50. The Balaban J connectivity index is 0.00000300. The molecule has 0 atom stereocenters. The lowest BCUT2D eigenvalue weighted by Gasteiger charge is -2.21. The van der Waals surface area contributed by atoms with E-state index in [0.29, 0.717) is 19.7 Å². The predicted octanol–water partition coefficient (Wildman–Crippen LogP) is 4.05. The number of imidazole rings is 1. The molecule has 6 nitrogen and oxygen atoms in total. The van der Waals surface area contributed by atoms with E-state index in [0.717, 1.165) is 23.0 Å². The van der Waals surface area contributed by atoms with Gasteiger partial charge in [0.2, 0.25) is 0 Å². The molecule has 0 aliphatic carbocycles. The topological polar surface area (TPSA) is 65.5 Å². The van der Waals surface area contributed by atoms with Crippen LogP contribution in [0.15, 0.2) is 65.8 Å². The Hall–Kier alpha value is -2.39. The van der Waals surface area contributed by atoms with Gasteiger partial charge in [0.15, 0.2) is 5.96 Å². The van der Waals surface area contributed by atoms with E-state index in [1.807, 2.05) is 36.3 Å². The van der Waals surface area contributed by atoms with Gasteiger partial charge in [0.05, 0.1) is 25.0 Å². The lowest BCUT2D eigenvalue weighted by Crippen LogP contribution is -2.38. The molecule has 0 aliphatic rings. The van der Waals surface area contributed by atoms with Gasteiger partial charge in [-0.25, -0.2) is 4.98 Å². The van der Waals surface area contributed by atoms with Crippen LogP contribution >= 0.6 is 24.0 Å². The number of rotatable bonds is 7. The van der Waals surface area contributed by atoms with Crippen LogP contribution in [0.2, 0.25) is 0 Å². The Morgan fingerprint density at radius 2 is 1.79 bits per heavy atom. The number of aromatic amines is 1. The number of halogens is 1. The number of methoxy groups -OCH3 is 1. The van der Waals surface area contributed by atoms with Crippen molar-refractivity contribution in [1.82, 2.24) is 20.2 Å². The van der Waals surface area contributed by atoms with Crippen LogP contribution in [0.4, 0.5) is 0 Å². The van der Waals surface area contributed by atoms with E-state index in [1.165, 1.54) is 11.1 Å². The van der Waals surface area contributed by atoms with Gasteiger partial charge >= 0.3 is 0 Å². The van der Waals surface area contributed by atoms with Crippen LogP contribution in [-0.2, 0) is 24.4 Å². The fourth-order valence-electron chi connectivity index (χ4n) is 2.99. The average Bonchev–Trinajstić information content (AvgIpc) is 3.19. The number of guanidine groups is 1. The molecule has 0 unspecified atom stereocenters. The number of hydrogen-bond acceptors (Lipinski definition) is 3. The van der Waals surface area contributed by atoms with Crippen molar-refractivity contribution in [2.24, 2.45) is 4.99 Å². The van der Waals surface area contributed by atoms with Crippen molar-refractivity contribution in [3.05, 3.63) is 77.7 Å². The van der Waals surface area contributed by atoms with Crippen LogP contribution in [0.3, 0.4) is 0 Å². The van der Waals surface area contributed by atoms with Crippen LogP contribution in [0.25, 0.3) is 11.3 Å². The minimum Gasteiger partial charge on any atom is -0.380 e. The quantitative estimate of drug-likeness (QED) is 0.289. The lowest BCUT2D eigenvalue weighted by molar-refractivity contribution is 0.185. The van der Waals surface area contributed by atoms with Gasteiger partial charge in [-0.2, -0.15) is 0 Å². The standard InChI is InChI=1S/C22H27N5O.HI/c1-23-22(25-13-17-9-11-18(12-10-17)16-28-3)27(2)15-21-24-14-20(26-21)19-7-5-4-6-8-19;/h4-12,14H,13,15-16H2,1-3H3,(H,23,25)(H,24,26);1H. The number of aliphatic imine (C=N–C) groups is 1. The highest BCUT2D eigenvalue weighted by atomic mass is 127. The molecule has 0 saturated carbocycles. The normalized spacial score (nSPS) is 11.1. The summed E-state index contributed by atoms with van der Waals surface area (Å²) in [5.74, 6) is 1.71. The summed E-state index contributed by atoms with van der Waals surface area (Å²) < 4.78 is 5.15. The van der Waals surface area contributed by atoms with Gasteiger partial charge in [-0.1, -0.05) is 54.6 Å². The van der Waals surface area contributed by atoms with E-state index in [9.17, 15) is 0 Å². The van der Waals surface area contributed by atoms with Crippen molar-refractivity contribution in [1.29, 1.82) is 0 Å². The molecule has 0 bridgehead atoms. The molecule has 1 aromatic heterocycles. The Labute approximate surface area is 189 Å². The highest BCUT2D eigenvalue weighted by Crippen LogP contribution is 2.16. The molecule has 0 amide bonds. The van der Waals surface area contributed by atoms with Gasteiger partial charge in [0, 0.05) is 27.7 Å². The first-order valence-electron chi connectivity index (χ1n) is 9.27. The van der Waals surface area contributed by atoms with Crippen molar-refractivity contribution >= 4 is 29.9 Å². The van der Waals surface area contributed by atoms with Gasteiger partial charge in [0.1, 0.15) is 5.82 Å². The van der Waals surface area contributed by atoms with Crippen molar-refractivity contribution in [2.75, 3.05) is 21.2 Å². The fourth-order valence-corrected chi connectivity index (χ4v) is 2.99. The molecule has 3 rings (SSSR count). The lowest BCUT2D eigenvalue weighted by atomic mass is 10.1. The average molecular weight is 505 g/mol. The van der Waals surface area contributed by atoms with E-state index in [-0.39, 0.29) is 24.0 Å². The van der Waals surface area contributed by atoms with E-state index in [1.54, 1.807) is 14.2 Å². The third-order valence-electron chi connectivity index (χ3n) is 4.46. The van der Waals surface area contributed by atoms with Crippen LogP contribution in [0, 0.1) is 0 Å². The van der Waals surface area contributed by atoms with Crippen LogP contribution < -0.4 is 5.32 Å². The van der Waals surface area contributed by atoms with Crippen molar-refractivity contribution in [3.63, 3.8) is 0 Å². The number of nitrogens with zero attached hydrogens (tertiary/aromatic N) is 3. The monoisotopic (exact) mass is 505 g/mol. The molecule has 2 aromatic carbocycles. The van der Waals surface area contributed by atoms with E-state index in [2.05, 4.69) is 56.7 Å². The molecule has 154 valence electrons. The third-order valence-corrected chi connectivity index (χ3v) is 4.46. The molecule has 0 aliphatic heterocycles. The molecule has 0 radical (unpaired) electrons. The zero-order chi connectivity index (χ0) is 19.8. The summed E-state index contributed by atoms with van der Waals surface area (Å²) in [5, 5.41) is 3.40. The number of benzene rings is 2. The number of ether oxygens (including phenoxy) is 1. The van der Waals surface area contributed by atoms with Crippen molar-refractivity contribution < 1.29 is 4.74 Å². The van der Waals surface area contributed by atoms with E-state index in [4.69, 9.17) is 4.74 Å². The van der Waals surface area contributed by atoms with Gasteiger partial charge in [-0.15, -0.1) is 24.0 Å². The second kappa shape index (κ2) is 11.6. The zero-order valence-corrected chi connectivity index (χ0v) is 19.4. The van der Waals surface area contributed by atoms with Gasteiger partial charge in [-0.05, 0) is 16.7 Å². The summed E-state index contributed by atoms with van der Waals surface area (Å²) in [5.41, 5.74) is 4.50. The molecule has 29 heavy (non-hydrogen) atoms. The molecular formula is C22H28IN5O.